The number of benzene rings is 2. The summed E-state index contributed by atoms with van der Waals surface area (Å²) in [5, 5.41) is 5.22. The van der Waals surface area contributed by atoms with Crippen LogP contribution in [0, 0.1) is 5.41 Å². The van der Waals surface area contributed by atoms with Crippen LogP contribution in [0.15, 0.2) is 58.3 Å². The number of hydrogen-bond acceptors (Lipinski definition) is 3. The SMILES string of the molecule is NS(=O)(=O)c1ccc(C2=C(c3ccc(S)cc3)CC3(CCC3)C2)cc1. The molecule has 2 N–H and O–H groups in total. The molecule has 0 unspecified atom stereocenters. The highest BCUT2D eigenvalue weighted by molar-refractivity contribution is 7.89. The topological polar surface area (TPSA) is 60.2 Å². The Bertz CT molecular complexity index is 938. The Labute approximate surface area is 154 Å². The summed E-state index contributed by atoms with van der Waals surface area (Å²) in [6, 6.07) is 15.3. The van der Waals surface area contributed by atoms with Gasteiger partial charge in [-0.1, -0.05) is 30.7 Å². The zero-order chi connectivity index (χ0) is 17.7. The van der Waals surface area contributed by atoms with E-state index in [1.54, 1.807) is 12.1 Å². The zero-order valence-corrected chi connectivity index (χ0v) is 15.6. The Balaban J connectivity index is 1.77. The van der Waals surface area contributed by atoms with E-state index in [1.807, 2.05) is 24.3 Å². The molecule has 0 aliphatic heterocycles. The van der Waals surface area contributed by atoms with Crippen molar-refractivity contribution in [2.45, 2.75) is 41.9 Å². The Morgan fingerprint density at radius 1 is 0.840 bits per heavy atom. The van der Waals surface area contributed by atoms with E-state index in [1.165, 1.54) is 36.0 Å². The fraction of sp³-hybridized carbons (Fsp3) is 0.300. The average molecular weight is 372 g/mol. The molecule has 0 heterocycles. The smallest absolute Gasteiger partial charge is 0.225 e. The van der Waals surface area contributed by atoms with Gasteiger partial charge in [-0.3, -0.25) is 0 Å². The summed E-state index contributed by atoms with van der Waals surface area (Å²) in [5.74, 6) is 0. The van der Waals surface area contributed by atoms with Gasteiger partial charge < -0.3 is 0 Å². The molecule has 0 radical (unpaired) electrons. The van der Waals surface area contributed by atoms with Gasteiger partial charge in [0.05, 0.1) is 4.90 Å². The van der Waals surface area contributed by atoms with Crippen LogP contribution < -0.4 is 5.14 Å². The van der Waals surface area contributed by atoms with E-state index in [-0.39, 0.29) is 4.90 Å². The van der Waals surface area contributed by atoms with E-state index in [0.29, 0.717) is 5.41 Å². The maximum Gasteiger partial charge on any atom is 0.238 e. The standard InChI is InChI=1S/C20H21NO2S2/c21-25(22,23)17-8-4-15(5-9-17)19-13-20(10-1-11-20)12-18(19)14-2-6-16(24)7-3-14/h2-9,24H,1,10-13H2,(H2,21,22,23). The van der Waals surface area contributed by atoms with Crippen LogP contribution in [-0.2, 0) is 10.0 Å². The van der Waals surface area contributed by atoms with Gasteiger partial charge >= 0.3 is 0 Å². The molecule has 0 amide bonds. The van der Waals surface area contributed by atoms with Crippen molar-refractivity contribution < 1.29 is 8.42 Å². The van der Waals surface area contributed by atoms with E-state index < -0.39 is 10.0 Å². The molecule has 1 saturated carbocycles. The van der Waals surface area contributed by atoms with Crippen molar-refractivity contribution in [1.29, 1.82) is 0 Å². The molecule has 0 saturated heterocycles. The van der Waals surface area contributed by atoms with Crippen molar-refractivity contribution in [3.05, 3.63) is 59.7 Å². The van der Waals surface area contributed by atoms with E-state index in [2.05, 4.69) is 24.8 Å². The van der Waals surface area contributed by atoms with Gasteiger partial charge in [0.2, 0.25) is 10.0 Å². The molecule has 2 aliphatic carbocycles. The molecule has 25 heavy (non-hydrogen) atoms. The monoisotopic (exact) mass is 371 g/mol. The lowest BCUT2D eigenvalue weighted by Gasteiger charge is -2.39. The second kappa shape index (κ2) is 6.01. The summed E-state index contributed by atoms with van der Waals surface area (Å²) in [6.07, 6.45) is 6.03. The van der Waals surface area contributed by atoms with Crippen LogP contribution in [0.3, 0.4) is 0 Å². The molecule has 130 valence electrons. The molecule has 0 atom stereocenters. The number of nitrogens with two attached hydrogens (primary N) is 1. The average Bonchev–Trinajstić information content (AvgIpc) is 2.96. The normalized spacial score (nSPS) is 19.3. The van der Waals surface area contributed by atoms with Gasteiger partial charge in [0.1, 0.15) is 0 Å². The lowest BCUT2D eigenvalue weighted by molar-refractivity contribution is 0.157. The Morgan fingerprint density at radius 3 is 1.72 bits per heavy atom. The van der Waals surface area contributed by atoms with Crippen molar-refractivity contribution in [3.63, 3.8) is 0 Å². The first kappa shape index (κ1) is 16.9. The third-order valence-corrected chi connectivity index (χ3v) is 6.86. The van der Waals surface area contributed by atoms with E-state index in [0.717, 1.165) is 23.3 Å². The molecule has 4 rings (SSSR count). The van der Waals surface area contributed by atoms with E-state index in [9.17, 15) is 8.42 Å². The van der Waals surface area contributed by atoms with Crippen LogP contribution in [-0.4, -0.2) is 8.42 Å². The van der Waals surface area contributed by atoms with Crippen LogP contribution in [0.2, 0.25) is 0 Å². The summed E-state index contributed by atoms with van der Waals surface area (Å²) >= 11 is 4.38. The Morgan fingerprint density at radius 2 is 1.32 bits per heavy atom. The fourth-order valence-electron chi connectivity index (χ4n) is 4.12. The molecule has 5 heteroatoms. The number of rotatable bonds is 3. The summed E-state index contributed by atoms with van der Waals surface area (Å²) in [5.41, 5.74) is 5.47. The number of thiol groups is 1. The predicted molar refractivity (Wildman–Crippen MR) is 104 cm³/mol. The van der Waals surface area contributed by atoms with E-state index >= 15 is 0 Å². The molecule has 0 bridgehead atoms. The Kier molecular flexibility index (Phi) is 4.06. The lowest BCUT2D eigenvalue weighted by atomic mass is 9.66. The van der Waals surface area contributed by atoms with Crippen molar-refractivity contribution >= 4 is 33.8 Å². The van der Waals surface area contributed by atoms with E-state index in [4.69, 9.17) is 5.14 Å². The highest BCUT2D eigenvalue weighted by atomic mass is 32.2. The van der Waals surface area contributed by atoms with Crippen LogP contribution in [0.25, 0.3) is 11.1 Å². The third kappa shape index (κ3) is 3.16. The zero-order valence-electron chi connectivity index (χ0n) is 13.9. The van der Waals surface area contributed by atoms with Gasteiger partial charge in [0.15, 0.2) is 0 Å². The summed E-state index contributed by atoms with van der Waals surface area (Å²) in [6.45, 7) is 0. The minimum absolute atomic E-state index is 0.161. The number of sulfonamides is 1. The number of primary sulfonamides is 1. The summed E-state index contributed by atoms with van der Waals surface area (Å²) in [4.78, 5) is 1.12. The Hall–Kier alpha value is -1.56. The van der Waals surface area contributed by atoms with Crippen molar-refractivity contribution in [2.75, 3.05) is 0 Å². The molecule has 2 aromatic carbocycles. The fourth-order valence-corrected chi connectivity index (χ4v) is 4.78. The molecular formula is C20H21NO2S2. The minimum Gasteiger partial charge on any atom is -0.225 e. The highest BCUT2D eigenvalue weighted by Crippen LogP contribution is 2.59. The molecule has 0 aromatic heterocycles. The highest BCUT2D eigenvalue weighted by Gasteiger charge is 2.43. The van der Waals surface area contributed by atoms with Crippen LogP contribution >= 0.6 is 12.6 Å². The maximum absolute atomic E-state index is 11.5. The molecule has 1 spiro atoms. The first-order valence-corrected chi connectivity index (χ1v) is 10.5. The molecule has 2 aliphatic rings. The van der Waals surface area contributed by atoms with Crippen molar-refractivity contribution in [2.24, 2.45) is 10.6 Å². The van der Waals surface area contributed by atoms with Crippen molar-refractivity contribution in [3.8, 4) is 0 Å². The molecular weight excluding hydrogens is 350 g/mol. The second-order valence-electron chi connectivity index (χ2n) is 7.28. The summed E-state index contributed by atoms with van der Waals surface area (Å²) < 4.78 is 23.0. The quantitative estimate of drug-likeness (QED) is 0.781. The summed E-state index contributed by atoms with van der Waals surface area (Å²) in [7, 11) is -3.65. The van der Waals surface area contributed by atoms with Crippen LogP contribution in [0.4, 0.5) is 0 Å². The largest absolute Gasteiger partial charge is 0.238 e. The predicted octanol–water partition coefficient (Wildman–Crippen LogP) is 4.50. The van der Waals surface area contributed by atoms with Gasteiger partial charge in [-0.2, -0.15) is 0 Å². The van der Waals surface area contributed by atoms with Crippen LogP contribution in [0.1, 0.15) is 43.2 Å². The van der Waals surface area contributed by atoms with Gasteiger partial charge in [-0.25, -0.2) is 13.6 Å². The van der Waals surface area contributed by atoms with Crippen molar-refractivity contribution in [1.82, 2.24) is 0 Å². The van der Waals surface area contributed by atoms with Gasteiger partial charge in [0.25, 0.3) is 0 Å². The first-order chi connectivity index (χ1) is 11.9. The number of allylic oxidation sites excluding steroid dienone is 2. The lowest BCUT2D eigenvalue weighted by Crippen LogP contribution is -2.26. The van der Waals surface area contributed by atoms with Crippen LogP contribution in [0.5, 0.6) is 0 Å². The van der Waals surface area contributed by atoms with Gasteiger partial charge in [-0.05, 0) is 77.6 Å². The van der Waals surface area contributed by atoms with Gasteiger partial charge in [-0.15, -0.1) is 12.6 Å². The second-order valence-corrected chi connectivity index (χ2v) is 9.36. The maximum atomic E-state index is 11.5. The number of hydrogen-bond donors (Lipinski definition) is 2. The molecule has 2 aromatic rings. The molecule has 3 nitrogen and oxygen atoms in total. The third-order valence-electron chi connectivity index (χ3n) is 5.63. The molecule has 1 fully saturated rings. The minimum atomic E-state index is -3.65. The van der Waals surface area contributed by atoms with Gasteiger partial charge in [0, 0.05) is 4.90 Å². The first-order valence-electron chi connectivity index (χ1n) is 8.51.